The number of aliphatic hydroxyl groups is 1. The molecule has 0 bridgehead atoms. The van der Waals surface area contributed by atoms with Crippen LogP contribution >= 0.6 is 11.8 Å². The molecule has 2 aromatic carbocycles. The number of rotatable bonds is 0. The normalized spacial score (nSPS) is 20.2. The van der Waals surface area contributed by atoms with Crippen molar-refractivity contribution in [2.45, 2.75) is 11.9 Å². The standard InChI is InChI=1S/C13H12OS/c14-12-8-15-7-10-6-5-9-3-1-2-4-11(9)13(10)12/h1-6,12,14H,7-8H2. The Labute approximate surface area is 93.1 Å². The van der Waals surface area contributed by atoms with E-state index in [1.54, 1.807) is 11.8 Å². The lowest BCUT2D eigenvalue weighted by atomic mass is 9.96. The van der Waals surface area contributed by atoms with E-state index in [4.69, 9.17) is 0 Å². The summed E-state index contributed by atoms with van der Waals surface area (Å²) >= 11 is 1.80. The zero-order valence-electron chi connectivity index (χ0n) is 8.31. The van der Waals surface area contributed by atoms with Gasteiger partial charge in [0.05, 0.1) is 6.10 Å². The minimum Gasteiger partial charge on any atom is -0.388 e. The summed E-state index contributed by atoms with van der Waals surface area (Å²) in [7, 11) is 0. The van der Waals surface area contributed by atoms with Gasteiger partial charge in [-0.1, -0.05) is 36.4 Å². The van der Waals surface area contributed by atoms with Gasteiger partial charge in [0.1, 0.15) is 0 Å². The third kappa shape index (κ3) is 1.45. The molecule has 15 heavy (non-hydrogen) atoms. The first-order valence-corrected chi connectivity index (χ1v) is 6.28. The molecule has 1 aliphatic heterocycles. The molecule has 0 aliphatic carbocycles. The van der Waals surface area contributed by atoms with Crippen molar-refractivity contribution >= 4 is 22.5 Å². The molecule has 0 aromatic heterocycles. The second-order valence-corrected chi connectivity index (χ2v) is 4.92. The number of fused-ring (bicyclic) bond motifs is 3. The fourth-order valence-electron chi connectivity index (χ4n) is 2.22. The van der Waals surface area contributed by atoms with Crippen molar-refractivity contribution in [3.05, 3.63) is 47.5 Å². The van der Waals surface area contributed by atoms with E-state index < -0.39 is 0 Å². The molecule has 0 radical (unpaired) electrons. The van der Waals surface area contributed by atoms with Crippen LogP contribution in [0, 0.1) is 0 Å². The summed E-state index contributed by atoms with van der Waals surface area (Å²) in [6, 6.07) is 12.6. The average molecular weight is 216 g/mol. The molecule has 1 nitrogen and oxygen atoms in total. The predicted octanol–water partition coefficient (Wildman–Crippen LogP) is 3.12. The van der Waals surface area contributed by atoms with Crippen molar-refractivity contribution in [3.8, 4) is 0 Å². The molecule has 0 saturated carbocycles. The molecule has 2 heteroatoms. The number of hydrogen-bond donors (Lipinski definition) is 1. The highest BCUT2D eigenvalue weighted by Gasteiger charge is 2.20. The van der Waals surface area contributed by atoms with Crippen LogP contribution in [0.2, 0.25) is 0 Å². The van der Waals surface area contributed by atoms with Gasteiger partial charge in [0.25, 0.3) is 0 Å². The van der Waals surface area contributed by atoms with E-state index in [1.807, 2.05) is 12.1 Å². The molecule has 3 rings (SSSR count). The van der Waals surface area contributed by atoms with Gasteiger partial charge in [0.15, 0.2) is 0 Å². The van der Waals surface area contributed by atoms with E-state index in [-0.39, 0.29) is 6.10 Å². The van der Waals surface area contributed by atoms with Crippen molar-refractivity contribution in [1.82, 2.24) is 0 Å². The van der Waals surface area contributed by atoms with Gasteiger partial charge >= 0.3 is 0 Å². The van der Waals surface area contributed by atoms with Crippen molar-refractivity contribution < 1.29 is 5.11 Å². The number of benzene rings is 2. The number of hydrogen-bond acceptors (Lipinski definition) is 2. The smallest absolute Gasteiger partial charge is 0.0889 e. The van der Waals surface area contributed by atoms with Gasteiger partial charge in [0, 0.05) is 11.5 Å². The van der Waals surface area contributed by atoms with Crippen LogP contribution in [0.15, 0.2) is 36.4 Å². The van der Waals surface area contributed by atoms with Crippen LogP contribution in [0.1, 0.15) is 17.2 Å². The molecule has 0 saturated heterocycles. The van der Waals surface area contributed by atoms with E-state index in [0.29, 0.717) is 0 Å². The third-order valence-corrected chi connectivity index (χ3v) is 3.99. The Kier molecular flexibility index (Phi) is 2.19. The fraction of sp³-hybridized carbons (Fsp3) is 0.231. The molecule has 1 atom stereocenters. The molecule has 1 aliphatic rings. The van der Waals surface area contributed by atoms with E-state index in [0.717, 1.165) is 17.1 Å². The molecule has 1 heterocycles. The van der Waals surface area contributed by atoms with Crippen LogP contribution in [0.3, 0.4) is 0 Å². The van der Waals surface area contributed by atoms with Crippen LogP contribution < -0.4 is 0 Å². The zero-order chi connectivity index (χ0) is 10.3. The first-order chi connectivity index (χ1) is 7.36. The van der Waals surface area contributed by atoms with Gasteiger partial charge < -0.3 is 5.11 Å². The van der Waals surface area contributed by atoms with Crippen molar-refractivity contribution in [1.29, 1.82) is 0 Å². The zero-order valence-corrected chi connectivity index (χ0v) is 9.13. The Morgan fingerprint density at radius 2 is 2.00 bits per heavy atom. The second kappa shape index (κ2) is 3.54. The van der Waals surface area contributed by atoms with Crippen LogP contribution in [0.4, 0.5) is 0 Å². The maximum absolute atomic E-state index is 10.0. The maximum Gasteiger partial charge on any atom is 0.0889 e. The highest BCUT2D eigenvalue weighted by atomic mass is 32.2. The van der Waals surface area contributed by atoms with Crippen molar-refractivity contribution in [3.63, 3.8) is 0 Å². The summed E-state index contributed by atoms with van der Waals surface area (Å²) in [5.74, 6) is 1.85. The lowest BCUT2D eigenvalue weighted by molar-refractivity contribution is 0.203. The Balaban J connectivity index is 2.35. The Morgan fingerprint density at radius 3 is 2.93 bits per heavy atom. The first-order valence-electron chi connectivity index (χ1n) is 5.12. The van der Waals surface area contributed by atoms with E-state index >= 15 is 0 Å². The van der Waals surface area contributed by atoms with Crippen molar-refractivity contribution in [2.24, 2.45) is 0 Å². The summed E-state index contributed by atoms with van der Waals surface area (Å²) in [5, 5.41) is 12.5. The summed E-state index contributed by atoms with van der Waals surface area (Å²) in [6.45, 7) is 0. The molecular formula is C13H12OS. The van der Waals surface area contributed by atoms with Crippen molar-refractivity contribution in [2.75, 3.05) is 5.75 Å². The summed E-state index contributed by atoms with van der Waals surface area (Å²) in [4.78, 5) is 0. The molecule has 1 N–H and O–H groups in total. The van der Waals surface area contributed by atoms with Gasteiger partial charge in [-0.05, 0) is 21.9 Å². The molecule has 76 valence electrons. The predicted molar refractivity (Wildman–Crippen MR) is 65.1 cm³/mol. The Morgan fingerprint density at radius 1 is 1.13 bits per heavy atom. The first kappa shape index (κ1) is 9.25. The molecule has 1 unspecified atom stereocenters. The molecule has 0 spiro atoms. The summed E-state index contributed by atoms with van der Waals surface area (Å²) < 4.78 is 0. The number of aliphatic hydroxyl groups excluding tert-OH is 1. The largest absolute Gasteiger partial charge is 0.388 e. The quantitative estimate of drug-likeness (QED) is 0.730. The van der Waals surface area contributed by atoms with Crippen LogP contribution in [-0.4, -0.2) is 10.9 Å². The highest BCUT2D eigenvalue weighted by molar-refractivity contribution is 7.98. The highest BCUT2D eigenvalue weighted by Crippen LogP contribution is 2.36. The lowest BCUT2D eigenvalue weighted by Crippen LogP contribution is -2.10. The fourth-order valence-corrected chi connectivity index (χ4v) is 3.20. The van der Waals surface area contributed by atoms with Gasteiger partial charge in [0.2, 0.25) is 0 Å². The third-order valence-electron chi connectivity index (χ3n) is 2.93. The van der Waals surface area contributed by atoms with E-state index in [1.165, 1.54) is 16.3 Å². The van der Waals surface area contributed by atoms with E-state index in [2.05, 4.69) is 24.3 Å². The average Bonchev–Trinajstić information content (AvgIpc) is 2.29. The topological polar surface area (TPSA) is 20.2 Å². The molecule has 0 amide bonds. The second-order valence-electron chi connectivity index (χ2n) is 3.89. The number of thioether (sulfide) groups is 1. The van der Waals surface area contributed by atoms with Gasteiger partial charge in [-0.25, -0.2) is 0 Å². The molecule has 2 aromatic rings. The summed E-state index contributed by atoms with van der Waals surface area (Å²) in [6.07, 6.45) is -0.301. The molecule has 0 fully saturated rings. The van der Waals surface area contributed by atoms with Gasteiger partial charge in [-0.15, -0.1) is 0 Å². The van der Waals surface area contributed by atoms with Crippen LogP contribution in [-0.2, 0) is 5.75 Å². The van der Waals surface area contributed by atoms with Gasteiger partial charge in [-0.3, -0.25) is 0 Å². The van der Waals surface area contributed by atoms with E-state index in [9.17, 15) is 5.11 Å². The minimum atomic E-state index is -0.301. The Hall–Kier alpha value is -0.990. The lowest BCUT2D eigenvalue weighted by Gasteiger charge is -2.22. The SMILES string of the molecule is OC1CSCc2ccc3ccccc3c21. The Bertz CT molecular complexity index is 507. The van der Waals surface area contributed by atoms with Crippen LogP contribution in [0.5, 0.6) is 0 Å². The minimum absolute atomic E-state index is 0.301. The molecular weight excluding hydrogens is 204 g/mol. The van der Waals surface area contributed by atoms with Crippen LogP contribution in [0.25, 0.3) is 10.8 Å². The maximum atomic E-state index is 10.0. The summed E-state index contributed by atoms with van der Waals surface area (Å²) in [5.41, 5.74) is 2.43. The van der Waals surface area contributed by atoms with Gasteiger partial charge in [-0.2, -0.15) is 11.8 Å². The monoisotopic (exact) mass is 216 g/mol.